The van der Waals surface area contributed by atoms with Gasteiger partial charge in [0.25, 0.3) is 11.8 Å². The van der Waals surface area contributed by atoms with Gasteiger partial charge in [-0.1, -0.05) is 24.3 Å². The zero-order valence-electron chi connectivity index (χ0n) is 17.4. The van der Waals surface area contributed by atoms with Crippen molar-refractivity contribution in [2.45, 2.75) is 43.7 Å². The summed E-state index contributed by atoms with van der Waals surface area (Å²) in [5, 5.41) is 14.9. The molecule has 166 valence electrons. The average molecular weight is 439 g/mol. The Kier molecular flexibility index (Phi) is 6.04. The number of anilines is 1. The summed E-state index contributed by atoms with van der Waals surface area (Å²) >= 11 is 0. The van der Waals surface area contributed by atoms with Gasteiger partial charge in [0.15, 0.2) is 0 Å². The van der Waals surface area contributed by atoms with Gasteiger partial charge in [0, 0.05) is 12.6 Å². The van der Waals surface area contributed by atoms with E-state index in [1.807, 2.05) is 12.1 Å². The van der Waals surface area contributed by atoms with Crippen LogP contribution in [-0.4, -0.2) is 46.8 Å². The molecule has 1 aromatic heterocycles. The normalized spacial score (nSPS) is 21.3. The van der Waals surface area contributed by atoms with Crippen molar-refractivity contribution in [3.8, 4) is 6.07 Å². The van der Waals surface area contributed by atoms with Crippen molar-refractivity contribution in [3.63, 3.8) is 0 Å². The number of rotatable bonds is 5. The van der Waals surface area contributed by atoms with Gasteiger partial charge in [-0.25, -0.2) is 8.78 Å². The number of pyridine rings is 1. The number of aromatic nitrogens is 1. The summed E-state index contributed by atoms with van der Waals surface area (Å²) in [6.07, 6.45) is 5.28. The second-order valence-corrected chi connectivity index (χ2v) is 8.12. The number of carbonyl (C=O) groups excluding carboxylic acids is 2. The van der Waals surface area contributed by atoms with Crippen LogP contribution in [0.5, 0.6) is 0 Å². The Balaban J connectivity index is 1.44. The van der Waals surface area contributed by atoms with Crippen molar-refractivity contribution in [2.24, 2.45) is 0 Å². The molecule has 0 bridgehead atoms. The summed E-state index contributed by atoms with van der Waals surface area (Å²) in [6, 6.07) is 10.3. The van der Waals surface area contributed by atoms with Gasteiger partial charge in [-0.2, -0.15) is 5.26 Å². The second-order valence-electron chi connectivity index (χ2n) is 8.12. The molecule has 0 saturated carbocycles. The number of aryl methyl sites for hydroxylation is 1. The molecule has 9 heteroatoms. The van der Waals surface area contributed by atoms with Gasteiger partial charge < -0.3 is 15.5 Å². The second kappa shape index (κ2) is 8.91. The van der Waals surface area contributed by atoms with E-state index in [9.17, 15) is 18.4 Å². The van der Waals surface area contributed by atoms with Crippen LogP contribution in [-0.2, 0) is 11.2 Å². The molecule has 1 aliphatic carbocycles. The number of carbonyl (C=O) groups is 2. The average Bonchev–Trinajstić information content (AvgIpc) is 3.12. The van der Waals surface area contributed by atoms with Gasteiger partial charge in [-0.15, -0.1) is 0 Å². The Morgan fingerprint density at radius 1 is 1.28 bits per heavy atom. The summed E-state index contributed by atoms with van der Waals surface area (Å²) in [7, 11) is 0. The first-order chi connectivity index (χ1) is 15.4. The summed E-state index contributed by atoms with van der Waals surface area (Å²) in [4.78, 5) is 30.1. The third-order valence-corrected chi connectivity index (χ3v) is 5.90. The van der Waals surface area contributed by atoms with Gasteiger partial charge in [-0.3, -0.25) is 14.6 Å². The number of hydrogen-bond donors (Lipinski definition) is 2. The lowest BCUT2D eigenvalue weighted by atomic mass is 9.87. The van der Waals surface area contributed by atoms with Crippen LogP contribution in [0.4, 0.5) is 14.5 Å². The molecule has 2 aliphatic rings. The molecule has 32 heavy (non-hydrogen) atoms. The van der Waals surface area contributed by atoms with Crippen LogP contribution in [0.1, 0.15) is 46.8 Å². The Morgan fingerprint density at radius 2 is 2.09 bits per heavy atom. The lowest BCUT2D eigenvalue weighted by Gasteiger charge is -2.27. The maximum absolute atomic E-state index is 13.6. The summed E-state index contributed by atoms with van der Waals surface area (Å²) in [5.74, 6) is -4.34. The Morgan fingerprint density at radius 3 is 2.91 bits per heavy atom. The standard InChI is InChI=1S/C23H23F2N5O2/c24-23(25)10-16(11-26)30(14-23)21(31)13-28-22(32)18-8-9-27-12-20(18)29-19-7-3-5-15-4-1-2-6-17(15)19/h1-2,4,6,8-9,12,16,19,29H,3,5,7,10,13-14H2,(H,28,32)/t16-,19?/m0/s1. The highest BCUT2D eigenvalue weighted by molar-refractivity contribution is 6.01. The van der Waals surface area contributed by atoms with Crippen molar-refractivity contribution in [1.82, 2.24) is 15.2 Å². The number of nitrogens with one attached hydrogen (secondary N) is 2. The van der Waals surface area contributed by atoms with Gasteiger partial charge >= 0.3 is 0 Å². The van der Waals surface area contributed by atoms with Gasteiger partial charge in [0.05, 0.1) is 42.6 Å². The van der Waals surface area contributed by atoms with E-state index in [1.165, 1.54) is 17.3 Å². The zero-order chi connectivity index (χ0) is 22.7. The molecule has 2 atom stereocenters. The highest BCUT2D eigenvalue weighted by Crippen LogP contribution is 2.33. The van der Waals surface area contributed by atoms with E-state index in [4.69, 9.17) is 5.26 Å². The largest absolute Gasteiger partial charge is 0.376 e. The minimum Gasteiger partial charge on any atom is -0.376 e. The van der Waals surface area contributed by atoms with Crippen LogP contribution in [0, 0.1) is 11.3 Å². The number of nitrogens with zero attached hydrogens (tertiary/aromatic N) is 3. The van der Waals surface area contributed by atoms with Crippen molar-refractivity contribution >= 4 is 17.5 Å². The van der Waals surface area contributed by atoms with Crippen molar-refractivity contribution < 1.29 is 18.4 Å². The minimum absolute atomic E-state index is 0.0283. The van der Waals surface area contributed by atoms with E-state index in [0.29, 0.717) is 11.3 Å². The maximum atomic E-state index is 13.6. The molecule has 7 nitrogen and oxygen atoms in total. The topological polar surface area (TPSA) is 98.1 Å². The van der Waals surface area contributed by atoms with E-state index in [-0.39, 0.29) is 6.04 Å². The predicted octanol–water partition coefficient (Wildman–Crippen LogP) is 3.06. The number of nitriles is 1. The lowest BCUT2D eigenvalue weighted by molar-refractivity contribution is -0.131. The SMILES string of the molecule is N#C[C@@H]1CC(F)(F)CN1C(=O)CNC(=O)c1ccncc1NC1CCCc2ccccc21. The third kappa shape index (κ3) is 4.54. The quantitative estimate of drug-likeness (QED) is 0.746. The fourth-order valence-electron chi connectivity index (χ4n) is 4.35. The number of halogens is 2. The fraction of sp³-hybridized carbons (Fsp3) is 0.391. The Bertz CT molecular complexity index is 1070. The first kappa shape index (κ1) is 21.7. The van der Waals surface area contributed by atoms with E-state index >= 15 is 0 Å². The van der Waals surface area contributed by atoms with E-state index < -0.39 is 43.3 Å². The summed E-state index contributed by atoms with van der Waals surface area (Å²) in [6.45, 7) is -1.29. The smallest absolute Gasteiger partial charge is 0.268 e. The number of alkyl halides is 2. The Hall–Kier alpha value is -3.54. The molecule has 2 amide bonds. The van der Waals surface area contributed by atoms with Crippen LogP contribution in [0.3, 0.4) is 0 Å². The van der Waals surface area contributed by atoms with Crippen molar-refractivity contribution in [2.75, 3.05) is 18.4 Å². The number of fused-ring (bicyclic) bond motifs is 1. The van der Waals surface area contributed by atoms with Crippen LogP contribution in [0.15, 0.2) is 42.7 Å². The fourth-order valence-corrected chi connectivity index (χ4v) is 4.35. The molecule has 1 aliphatic heterocycles. The lowest BCUT2D eigenvalue weighted by Crippen LogP contribution is -2.43. The van der Waals surface area contributed by atoms with Gasteiger partial charge in [0.2, 0.25) is 5.91 Å². The monoisotopic (exact) mass is 439 g/mol. The van der Waals surface area contributed by atoms with Crippen LogP contribution in [0.2, 0.25) is 0 Å². The summed E-state index contributed by atoms with van der Waals surface area (Å²) < 4.78 is 27.2. The number of benzene rings is 1. The number of amides is 2. The molecule has 1 saturated heterocycles. The minimum atomic E-state index is -3.10. The molecule has 1 aromatic carbocycles. The highest BCUT2D eigenvalue weighted by Gasteiger charge is 2.47. The molecule has 4 rings (SSSR count). The molecule has 0 spiro atoms. The molecule has 0 radical (unpaired) electrons. The van der Waals surface area contributed by atoms with Crippen molar-refractivity contribution in [1.29, 1.82) is 5.26 Å². The number of likely N-dealkylation sites (tertiary alicyclic amines) is 1. The summed E-state index contributed by atoms with van der Waals surface area (Å²) in [5.41, 5.74) is 3.29. The van der Waals surface area contributed by atoms with E-state index in [2.05, 4.69) is 27.8 Å². The van der Waals surface area contributed by atoms with Crippen LogP contribution in [0.25, 0.3) is 0 Å². The van der Waals surface area contributed by atoms with Crippen molar-refractivity contribution in [3.05, 3.63) is 59.4 Å². The molecule has 2 aromatic rings. The van der Waals surface area contributed by atoms with Gasteiger partial charge in [0.1, 0.15) is 6.04 Å². The Labute approximate surface area is 184 Å². The molecule has 1 fully saturated rings. The molecule has 2 N–H and O–H groups in total. The first-order valence-corrected chi connectivity index (χ1v) is 10.5. The molecule has 2 heterocycles. The molecular formula is C23H23F2N5O2. The number of hydrogen-bond acceptors (Lipinski definition) is 5. The third-order valence-electron chi connectivity index (χ3n) is 5.90. The predicted molar refractivity (Wildman–Crippen MR) is 113 cm³/mol. The van der Waals surface area contributed by atoms with E-state index in [1.54, 1.807) is 18.3 Å². The maximum Gasteiger partial charge on any atom is 0.268 e. The van der Waals surface area contributed by atoms with E-state index in [0.717, 1.165) is 24.2 Å². The van der Waals surface area contributed by atoms with Gasteiger partial charge in [-0.05, 0) is 36.5 Å². The highest BCUT2D eigenvalue weighted by atomic mass is 19.3. The zero-order valence-corrected chi connectivity index (χ0v) is 17.4. The molecule has 1 unspecified atom stereocenters. The first-order valence-electron chi connectivity index (χ1n) is 10.5. The van der Waals surface area contributed by atoms with Crippen LogP contribution < -0.4 is 10.6 Å². The van der Waals surface area contributed by atoms with Crippen LogP contribution >= 0.6 is 0 Å². The molecular weight excluding hydrogens is 416 g/mol.